The van der Waals surface area contributed by atoms with Crippen molar-refractivity contribution in [3.05, 3.63) is 51.4 Å². The van der Waals surface area contributed by atoms with Crippen molar-refractivity contribution in [2.45, 2.75) is 13.0 Å². The Morgan fingerprint density at radius 2 is 2.04 bits per heavy atom. The van der Waals surface area contributed by atoms with Crippen LogP contribution in [-0.2, 0) is 13.0 Å². The highest BCUT2D eigenvalue weighted by Crippen LogP contribution is 2.44. The van der Waals surface area contributed by atoms with Crippen molar-refractivity contribution in [1.82, 2.24) is 9.88 Å². The molecule has 0 radical (unpaired) electrons. The summed E-state index contributed by atoms with van der Waals surface area (Å²) in [6.45, 7) is 1.68. The second kappa shape index (κ2) is 5.61. The summed E-state index contributed by atoms with van der Waals surface area (Å²) in [5.41, 5.74) is 5.04. The number of hydrogen-bond acceptors (Lipinski definition) is 4. The van der Waals surface area contributed by atoms with E-state index in [1.165, 1.54) is 5.56 Å². The van der Waals surface area contributed by atoms with Crippen molar-refractivity contribution < 1.29 is 5.11 Å². The van der Waals surface area contributed by atoms with Crippen molar-refractivity contribution in [3.8, 4) is 17.0 Å². The molecule has 5 nitrogen and oxygen atoms in total. The Morgan fingerprint density at radius 3 is 2.79 bits per heavy atom. The van der Waals surface area contributed by atoms with Crippen LogP contribution in [0.15, 0.2) is 35.5 Å². The maximum atomic E-state index is 11.2. The molecule has 0 spiro atoms. The normalized spacial score (nSPS) is 14.8. The lowest BCUT2D eigenvalue weighted by Crippen LogP contribution is -2.27. The maximum absolute atomic E-state index is 11.2. The molecule has 0 amide bonds. The minimum absolute atomic E-state index is 0.0503. The second-order valence-electron chi connectivity index (χ2n) is 6.18. The summed E-state index contributed by atoms with van der Waals surface area (Å²) in [5, 5.41) is 14.3. The summed E-state index contributed by atoms with van der Waals surface area (Å²) in [6.07, 6.45) is 0.881. The molecule has 0 saturated carbocycles. The Bertz CT molecular complexity index is 965. The van der Waals surface area contributed by atoms with Gasteiger partial charge in [0.15, 0.2) is 5.69 Å². The van der Waals surface area contributed by atoms with Crippen molar-refractivity contribution >= 4 is 28.2 Å². The van der Waals surface area contributed by atoms with Crippen LogP contribution >= 0.6 is 11.6 Å². The van der Waals surface area contributed by atoms with E-state index in [4.69, 9.17) is 11.6 Å². The number of benzene rings is 2. The van der Waals surface area contributed by atoms with Gasteiger partial charge in [-0.1, -0.05) is 29.8 Å². The van der Waals surface area contributed by atoms with Gasteiger partial charge in [-0.15, -0.1) is 4.91 Å². The van der Waals surface area contributed by atoms with E-state index in [1.807, 2.05) is 30.3 Å². The number of likely N-dealkylation sites (N-methyl/N-ethyl adjacent to an activating group) is 1. The van der Waals surface area contributed by atoms with Crippen LogP contribution in [0.3, 0.4) is 0 Å². The molecule has 0 aliphatic carbocycles. The first kappa shape index (κ1) is 15.2. The van der Waals surface area contributed by atoms with Crippen LogP contribution in [0.1, 0.15) is 11.1 Å². The summed E-state index contributed by atoms with van der Waals surface area (Å²) in [6, 6.07) is 9.58. The highest BCUT2D eigenvalue weighted by Gasteiger charge is 2.25. The lowest BCUT2D eigenvalue weighted by molar-refractivity contribution is 0.314. The van der Waals surface area contributed by atoms with Crippen molar-refractivity contribution in [1.29, 1.82) is 0 Å². The largest absolute Gasteiger partial charge is 0.493 e. The average Bonchev–Trinajstić information content (AvgIpc) is 2.90. The molecule has 1 aromatic heterocycles. The summed E-state index contributed by atoms with van der Waals surface area (Å²) >= 11 is 6.41. The molecule has 3 aromatic rings. The first-order chi connectivity index (χ1) is 11.6. The second-order valence-corrected chi connectivity index (χ2v) is 6.59. The summed E-state index contributed by atoms with van der Waals surface area (Å²) < 4.78 is 0. The van der Waals surface area contributed by atoms with Crippen molar-refractivity contribution in [2.24, 2.45) is 5.18 Å². The molecule has 1 aliphatic rings. The van der Waals surface area contributed by atoms with Gasteiger partial charge < -0.3 is 15.0 Å². The monoisotopic (exact) mass is 341 g/mol. The molecule has 122 valence electrons. The van der Waals surface area contributed by atoms with Gasteiger partial charge in [0.2, 0.25) is 5.88 Å². The summed E-state index contributed by atoms with van der Waals surface area (Å²) in [7, 11) is 2.05. The zero-order valence-corrected chi connectivity index (χ0v) is 13.9. The smallest absolute Gasteiger partial charge is 0.219 e. The number of nitrogens with one attached hydrogen (secondary N) is 1. The van der Waals surface area contributed by atoms with Gasteiger partial charge in [0.25, 0.3) is 0 Å². The number of hydrogen-bond donors (Lipinski definition) is 2. The van der Waals surface area contributed by atoms with Gasteiger partial charge in [-0.25, -0.2) is 0 Å². The summed E-state index contributed by atoms with van der Waals surface area (Å²) in [4.78, 5) is 16.3. The van der Waals surface area contributed by atoms with E-state index >= 15 is 0 Å². The molecule has 1 aliphatic heterocycles. The number of H-pyrrole nitrogens is 1. The van der Waals surface area contributed by atoms with E-state index < -0.39 is 0 Å². The number of aromatic amines is 1. The molecule has 2 heterocycles. The molecule has 6 heteroatoms. The molecule has 2 aromatic carbocycles. The fourth-order valence-electron chi connectivity index (χ4n) is 3.54. The molecule has 0 bridgehead atoms. The van der Waals surface area contributed by atoms with Crippen LogP contribution in [0.4, 0.5) is 5.69 Å². The van der Waals surface area contributed by atoms with E-state index in [-0.39, 0.29) is 11.6 Å². The Labute approximate surface area is 143 Å². The van der Waals surface area contributed by atoms with Gasteiger partial charge in [0, 0.05) is 29.1 Å². The molecule has 0 saturated heterocycles. The highest BCUT2D eigenvalue weighted by molar-refractivity contribution is 6.33. The van der Waals surface area contributed by atoms with Gasteiger partial charge in [-0.3, -0.25) is 0 Å². The van der Waals surface area contributed by atoms with Gasteiger partial charge >= 0.3 is 0 Å². The Morgan fingerprint density at radius 1 is 1.25 bits per heavy atom. The topological polar surface area (TPSA) is 68.7 Å². The number of nitroso groups, excluding NO2 is 1. The average molecular weight is 342 g/mol. The molecule has 0 unspecified atom stereocenters. The molecular weight excluding hydrogens is 326 g/mol. The Hall–Kier alpha value is -2.37. The number of aromatic nitrogens is 1. The van der Waals surface area contributed by atoms with Gasteiger partial charge in [-0.05, 0) is 47.5 Å². The zero-order chi connectivity index (χ0) is 16.8. The van der Waals surface area contributed by atoms with E-state index in [0.29, 0.717) is 10.4 Å². The number of nitrogens with zero attached hydrogens (tertiary/aromatic N) is 2. The lowest BCUT2D eigenvalue weighted by atomic mass is 9.88. The van der Waals surface area contributed by atoms with E-state index in [0.717, 1.165) is 41.7 Å². The first-order valence-electron chi connectivity index (χ1n) is 7.76. The number of rotatable bonds is 2. The Kier molecular flexibility index (Phi) is 3.55. The number of fused-ring (bicyclic) bond motifs is 3. The lowest BCUT2D eigenvalue weighted by Gasteiger charge is -2.28. The van der Waals surface area contributed by atoms with Gasteiger partial charge in [0.05, 0.1) is 5.52 Å². The van der Waals surface area contributed by atoms with Crippen LogP contribution < -0.4 is 0 Å². The zero-order valence-electron chi connectivity index (χ0n) is 13.1. The van der Waals surface area contributed by atoms with Gasteiger partial charge in [-0.2, -0.15) is 0 Å². The van der Waals surface area contributed by atoms with Gasteiger partial charge in [0.1, 0.15) is 0 Å². The van der Waals surface area contributed by atoms with E-state index in [9.17, 15) is 10.0 Å². The van der Waals surface area contributed by atoms with E-state index in [1.54, 1.807) is 0 Å². The molecule has 4 rings (SSSR count). The SMILES string of the molecule is CN1CCc2c(-c3ccccc3Cl)cc3c(N=O)c(O)[nH]c3c2C1. The predicted molar refractivity (Wildman–Crippen MR) is 95.9 cm³/mol. The highest BCUT2D eigenvalue weighted by atomic mass is 35.5. The fourth-order valence-corrected chi connectivity index (χ4v) is 3.78. The predicted octanol–water partition coefficient (Wildman–Crippen LogP) is 4.58. The molecular formula is C18H16ClN3O2. The van der Waals surface area contributed by atoms with Crippen LogP contribution in [0.25, 0.3) is 22.0 Å². The number of halogens is 1. The maximum Gasteiger partial charge on any atom is 0.219 e. The first-order valence-corrected chi connectivity index (χ1v) is 8.14. The minimum atomic E-state index is -0.188. The van der Waals surface area contributed by atoms with E-state index in [2.05, 4.69) is 22.1 Å². The summed E-state index contributed by atoms with van der Waals surface area (Å²) in [5.74, 6) is -0.188. The van der Waals surface area contributed by atoms with Crippen molar-refractivity contribution in [3.63, 3.8) is 0 Å². The minimum Gasteiger partial charge on any atom is -0.493 e. The molecule has 2 N–H and O–H groups in total. The van der Waals surface area contributed by atoms with Crippen LogP contribution in [0.2, 0.25) is 5.02 Å². The third kappa shape index (κ3) is 2.20. The molecule has 24 heavy (non-hydrogen) atoms. The van der Waals surface area contributed by atoms with Crippen LogP contribution in [0, 0.1) is 4.91 Å². The quantitative estimate of drug-likeness (QED) is 0.670. The molecule has 0 fully saturated rings. The van der Waals surface area contributed by atoms with Crippen LogP contribution in [-0.4, -0.2) is 28.6 Å². The van der Waals surface area contributed by atoms with Crippen LogP contribution in [0.5, 0.6) is 5.88 Å². The third-order valence-electron chi connectivity index (χ3n) is 4.70. The Balaban J connectivity index is 2.10. The third-order valence-corrected chi connectivity index (χ3v) is 5.03. The number of aromatic hydroxyl groups is 1. The van der Waals surface area contributed by atoms with Crippen molar-refractivity contribution in [2.75, 3.05) is 13.6 Å². The fraction of sp³-hybridized carbons (Fsp3) is 0.222. The standard InChI is InChI=1S/C18H16ClN3O2/c1-22-7-6-10-12(11-4-2-3-5-15(11)19)8-13-16(14(10)9-22)20-18(23)17(13)21-24/h2-5,8,20,23H,6-7,9H2,1H3. The molecule has 0 atom stereocenters.